The number of halogens is 1. The summed E-state index contributed by atoms with van der Waals surface area (Å²) < 4.78 is 1.65. The molecule has 5 heteroatoms. The number of alkyl halides is 1. The molecule has 1 aromatic heterocycles. The van der Waals surface area contributed by atoms with Crippen molar-refractivity contribution >= 4 is 11.6 Å². The molecule has 1 saturated carbocycles. The number of rotatable bonds is 6. The van der Waals surface area contributed by atoms with Crippen molar-refractivity contribution in [2.24, 2.45) is 0 Å². The fourth-order valence-electron chi connectivity index (χ4n) is 3.50. The highest BCUT2D eigenvalue weighted by atomic mass is 35.5. The lowest BCUT2D eigenvalue weighted by Gasteiger charge is -2.37. The van der Waals surface area contributed by atoms with Gasteiger partial charge in [0.2, 0.25) is 0 Å². The van der Waals surface area contributed by atoms with Crippen molar-refractivity contribution in [1.82, 2.24) is 14.8 Å². The van der Waals surface area contributed by atoms with Gasteiger partial charge in [-0.2, -0.15) is 5.10 Å². The standard InChI is InChI=1S/C21H20ClN3O/c1-2-21(26,20(22)12-13-20)19(25-15-23-14-24-25)18-10-8-17(9-11-18)16-6-4-3-5-7-16/h2-11,14-15,19,26H,1,12-13H2. The van der Waals surface area contributed by atoms with Crippen LogP contribution in [0.25, 0.3) is 11.1 Å². The third-order valence-corrected chi connectivity index (χ3v) is 5.85. The Morgan fingerprint density at radius 1 is 1.12 bits per heavy atom. The molecule has 0 radical (unpaired) electrons. The zero-order chi connectivity index (χ0) is 18.2. The van der Waals surface area contributed by atoms with Crippen LogP contribution in [-0.4, -0.2) is 30.3 Å². The summed E-state index contributed by atoms with van der Waals surface area (Å²) in [5.41, 5.74) is 1.84. The predicted molar refractivity (Wildman–Crippen MR) is 103 cm³/mol. The van der Waals surface area contributed by atoms with Crippen molar-refractivity contribution < 1.29 is 5.11 Å². The monoisotopic (exact) mass is 365 g/mol. The van der Waals surface area contributed by atoms with Gasteiger partial charge in [-0.1, -0.05) is 60.7 Å². The summed E-state index contributed by atoms with van der Waals surface area (Å²) in [7, 11) is 0. The highest BCUT2D eigenvalue weighted by Crippen LogP contribution is 2.56. The van der Waals surface area contributed by atoms with Gasteiger partial charge in [0.25, 0.3) is 0 Å². The molecule has 1 aliphatic carbocycles. The maximum Gasteiger partial charge on any atom is 0.137 e. The Labute approximate surface area is 157 Å². The van der Waals surface area contributed by atoms with Gasteiger partial charge in [-0.15, -0.1) is 18.2 Å². The van der Waals surface area contributed by atoms with Crippen molar-refractivity contribution in [3.05, 3.63) is 85.5 Å². The van der Waals surface area contributed by atoms with E-state index in [9.17, 15) is 5.11 Å². The van der Waals surface area contributed by atoms with Crippen LogP contribution >= 0.6 is 11.6 Å². The summed E-state index contributed by atoms with van der Waals surface area (Å²) in [5.74, 6) is 0. The van der Waals surface area contributed by atoms with Gasteiger partial charge in [0.1, 0.15) is 24.3 Å². The van der Waals surface area contributed by atoms with Crippen LogP contribution < -0.4 is 0 Å². The molecule has 4 nitrogen and oxygen atoms in total. The minimum absolute atomic E-state index is 0.493. The molecule has 1 heterocycles. The number of nitrogens with zero attached hydrogens (tertiary/aromatic N) is 3. The molecule has 0 saturated heterocycles. The fourth-order valence-corrected chi connectivity index (χ4v) is 3.77. The molecule has 0 amide bonds. The Morgan fingerprint density at radius 2 is 1.77 bits per heavy atom. The lowest BCUT2D eigenvalue weighted by molar-refractivity contribution is 0.0334. The quantitative estimate of drug-likeness (QED) is 0.525. The Bertz CT molecular complexity index is 889. The second-order valence-electron chi connectivity index (χ2n) is 6.76. The predicted octanol–water partition coefficient (Wildman–Crippen LogP) is 4.22. The van der Waals surface area contributed by atoms with Gasteiger partial charge in [0.05, 0.1) is 4.87 Å². The van der Waals surface area contributed by atoms with Crippen LogP contribution in [-0.2, 0) is 0 Å². The van der Waals surface area contributed by atoms with Crippen molar-refractivity contribution in [3.63, 3.8) is 0 Å². The van der Waals surface area contributed by atoms with E-state index in [1.165, 1.54) is 6.33 Å². The molecule has 1 N–H and O–H groups in total. The zero-order valence-electron chi connectivity index (χ0n) is 14.3. The van der Waals surface area contributed by atoms with Crippen molar-refractivity contribution in [1.29, 1.82) is 0 Å². The number of hydrogen-bond acceptors (Lipinski definition) is 3. The third-order valence-electron chi connectivity index (χ3n) is 5.17. The molecule has 2 unspecified atom stereocenters. The van der Waals surface area contributed by atoms with Crippen LogP contribution in [0, 0.1) is 0 Å². The smallest absolute Gasteiger partial charge is 0.137 e. The Balaban J connectivity index is 1.77. The van der Waals surface area contributed by atoms with E-state index in [1.54, 1.807) is 17.1 Å². The maximum atomic E-state index is 11.5. The second-order valence-corrected chi connectivity index (χ2v) is 7.48. The number of hydrogen-bond donors (Lipinski definition) is 1. The lowest BCUT2D eigenvalue weighted by Crippen LogP contribution is -2.47. The second kappa shape index (κ2) is 6.38. The topological polar surface area (TPSA) is 50.9 Å². The molecule has 1 fully saturated rings. The molecule has 0 aliphatic heterocycles. The van der Waals surface area contributed by atoms with Gasteiger partial charge in [-0.3, -0.25) is 0 Å². The molecule has 4 rings (SSSR count). The third kappa shape index (κ3) is 2.75. The molecule has 1 aliphatic rings. The molecule has 26 heavy (non-hydrogen) atoms. The number of aliphatic hydroxyl groups is 1. The number of benzene rings is 2. The highest BCUT2D eigenvalue weighted by molar-refractivity contribution is 6.27. The van der Waals surface area contributed by atoms with E-state index in [0.29, 0.717) is 0 Å². The van der Waals surface area contributed by atoms with Gasteiger partial charge < -0.3 is 5.11 Å². The summed E-state index contributed by atoms with van der Waals surface area (Å²) in [6.45, 7) is 3.86. The van der Waals surface area contributed by atoms with E-state index >= 15 is 0 Å². The molecular formula is C21H20ClN3O. The summed E-state index contributed by atoms with van der Waals surface area (Å²) in [6.07, 6.45) is 6.09. The van der Waals surface area contributed by atoms with Crippen LogP contribution in [0.2, 0.25) is 0 Å². The molecular weight excluding hydrogens is 346 g/mol. The molecule has 2 aromatic carbocycles. The first-order valence-corrected chi connectivity index (χ1v) is 8.99. The molecule has 132 valence electrons. The molecule has 3 aromatic rings. The van der Waals surface area contributed by atoms with Gasteiger partial charge >= 0.3 is 0 Å². The van der Waals surface area contributed by atoms with E-state index in [1.807, 2.05) is 42.5 Å². The van der Waals surface area contributed by atoms with E-state index < -0.39 is 16.5 Å². The summed E-state index contributed by atoms with van der Waals surface area (Å²) in [4.78, 5) is 3.33. The van der Waals surface area contributed by atoms with Crippen molar-refractivity contribution in [2.75, 3.05) is 0 Å². The summed E-state index contributed by atoms with van der Waals surface area (Å²) in [6, 6.07) is 17.8. The zero-order valence-corrected chi connectivity index (χ0v) is 15.0. The van der Waals surface area contributed by atoms with Gasteiger partial charge in [-0.25, -0.2) is 9.67 Å². The minimum atomic E-state index is -1.32. The highest BCUT2D eigenvalue weighted by Gasteiger charge is 2.61. The minimum Gasteiger partial charge on any atom is -0.381 e. The van der Waals surface area contributed by atoms with E-state index in [2.05, 4.69) is 28.8 Å². The van der Waals surface area contributed by atoms with Crippen LogP contribution in [0.5, 0.6) is 0 Å². The first-order valence-electron chi connectivity index (χ1n) is 8.62. The molecule has 0 bridgehead atoms. The Hall–Kier alpha value is -2.43. The SMILES string of the molecule is C=CC(O)(C(c1ccc(-c2ccccc2)cc1)n1cncn1)C1(Cl)CC1. The van der Waals surface area contributed by atoms with Crippen LogP contribution in [0.4, 0.5) is 0 Å². The van der Waals surface area contributed by atoms with E-state index in [-0.39, 0.29) is 0 Å². The van der Waals surface area contributed by atoms with Crippen LogP contribution in [0.1, 0.15) is 24.4 Å². The molecule has 2 atom stereocenters. The first-order chi connectivity index (χ1) is 12.6. The number of aromatic nitrogens is 3. The Morgan fingerprint density at radius 3 is 2.31 bits per heavy atom. The van der Waals surface area contributed by atoms with E-state index in [4.69, 9.17) is 11.6 Å². The van der Waals surface area contributed by atoms with Crippen molar-refractivity contribution in [2.45, 2.75) is 29.4 Å². The Kier molecular flexibility index (Phi) is 4.17. The average Bonchev–Trinajstić information content (AvgIpc) is 3.23. The molecule has 0 spiro atoms. The maximum absolute atomic E-state index is 11.5. The largest absolute Gasteiger partial charge is 0.381 e. The average molecular weight is 366 g/mol. The fraction of sp³-hybridized carbons (Fsp3) is 0.238. The van der Waals surface area contributed by atoms with Crippen LogP contribution in [0.15, 0.2) is 79.9 Å². The van der Waals surface area contributed by atoms with Gasteiger partial charge in [-0.05, 0) is 29.5 Å². The normalized spacial score (nSPS) is 18.7. The van der Waals surface area contributed by atoms with Gasteiger partial charge in [0, 0.05) is 0 Å². The van der Waals surface area contributed by atoms with Crippen LogP contribution in [0.3, 0.4) is 0 Å². The summed E-state index contributed by atoms with van der Waals surface area (Å²) >= 11 is 6.66. The summed E-state index contributed by atoms with van der Waals surface area (Å²) in [5, 5.41) is 15.7. The first kappa shape index (κ1) is 17.0. The van der Waals surface area contributed by atoms with E-state index in [0.717, 1.165) is 29.5 Å². The van der Waals surface area contributed by atoms with Gasteiger partial charge in [0.15, 0.2) is 0 Å². The van der Waals surface area contributed by atoms with Crippen molar-refractivity contribution in [3.8, 4) is 11.1 Å². The lowest BCUT2D eigenvalue weighted by atomic mass is 9.83.